The molecule has 0 saturated carbocycles. The summed E-state index contributed by atoms with van der Waals surface area (Å²) in [4.78, 5) is 22.3. The number of para-hydroxylation sites is 1. The fourth-order valence-corrected chi connectivity index (χ4v) is 2.84. The number of hydrogen-bond acceptors (Lipinski definition) is 5. The molecule has 1 saturated heterocycles. The van der Waals surface area contributed by atoms with E-state index in [0.717, 1.165) is 11.3 Å². The second kappa shape index (κ2) is 6.97. The Bertz CT molecular complexity index is 708. The minimum absolute atomic E-state index is 0.176. The van der Waals surface area contributed by atoms with E-state index < -0.39 is 5.60 Å². The molecule has 126 valence electrons. The minimum atomic E-state index is -0.507. The third kappa shape index (κ3) is 3.38. The van der Waals surface area contributed by atoms with Crippen molar-refractivity contribution < 1.29 is 14.3 Å². The van der Waals surface area contributed by atoms with E-state index >= 15 is 0 Å². The molecule has 0 radical (unpaired) electrons. The highest BCUT2D eigenvalue weighted by atomic mass is 16.5. The van der Waals surface area contributed by atoms with Crippen LogP contribution in [0.25, 0.3) is 0 Å². The maximum atomic E-state index is 12.5. The second-order valence-electron chi connectivity index (χ2n) is 5.99. The molecule has 0 unspecified atom stereocenters. The van der Waals surface area contributed by atoms with Crippen LogP contribution < -0.4 is 4.74 Å². The molecule has 1 aliphatic rings. The first-order valence-electron chi connectivity index (χ1n) is 7.93. The summed E-state index contributed by atoms with van der Waals surface area (Å²) in [5.74, 6) is 0.875. The fraction of sp³-hybridized carbons (Fsp3) is 0.389. The number of likely N-dealkylation sites (tertiary alicyclic amines) is 1. The summed E-state index contributed by atoms with van der Waals surface area (Å²) in [5, 5.41) is 0. The van der Waals surface area contributed by atoms with Crippen molar-refractivity contribution in [1.82, 2.24) is 14.9 Å². The predicted octanol–water partition coefficient (Wildman–Crippen LogP) is 2.10. The number of benzene rings is 1. The molecule has 1 aromatic heterocycles. The van der Waals surface area contributed by atoms with Gasteiger partial charge in [-0.2, -0.15) is 0 Å². The largest absolute Gasteiger partial charge is 0.490 e. The van der Waals surface area contributed by atoms with Crippen LogP contribution in [0.1, 0.15) is 22.6 Å². The van der Waals surface area contributed by atoms with E-state index in [0.29, 0.717) is 26.1 Å². The van der Waals surface area contributed by atoms with Crippen molar-refractivity contribution >= 4 is 5.91 Å². The lowest BCUT2D eigenvalue weighted by molar-refractivity contribution is -0.0344. The Morgan fingerprint density at radius 3 is 2.71 bits per heavy atom. The molecule has 24 heavy (non-hydrogen) atoms. The van der Waals surface area contributed by atoms with Gasteiger partial charge in [0.05, 0.1) is 6.54 Å². The summed E-state index contributed by atoms with van der Waals surface area (Å²) in [6.07, 6.45) is 3.86. The van der Waals surface area contributed by atoms with Crippen LogP contribution in [-0.2, 0) is 4.74 Å². The van der Waals surface area contributed by atoms with E-state index in [1.807, 2.05) is 31.2 Å². The molecule has 6 nitrogen and oxygen atoms in total. The summed E-state index contributed by atoms with van der Waals surface area (Å²) >= 11 is 0. The van der Waals surface area contributed by atoms with Gasteiger partial charge in [-0.15, -0.1) is 0 Å². The maximum Gasteiger partial charge on any atom is 0.291 e. The Balaban J connectivity index is 1.67. The second-order valence-corrected chi connectivity index (χ2v) is 5.99. The van der Waals surface area contributed by atoms with Crippen LogP contribution in [0.15, 0.2) is 42.7 Å². The van der Waals surface area contributed by atoms with E-state index in [-0.39, 0.29) is 11.7 Å². The van der Waals surface area contributed by atoms with Crippen molar-refractivity contribution in [1.29, 1.82) is 0 Å². The van der Waals surface area contributed by atoms with Crippen molar-refractivity contribution in [2.24, 2.45) is 0 Å². The van der Waals surface area contributed by atoms with Gasteiger partial charge in [0.25, 0.3) is 5.91 Å². The zero-order valence-electron chi connectivity index (χ0n) is 13.9. The highest BCUT2D eigenvalue weighted by Crippen LogP contribution is 2.28. The Morgan fingerprint density at radius 2 is 2.00 bits per heavy atom. The summed E-state index contributed by atoms with van der Waals surface area (Å²) in [7, 11) is 1.66. The van der Waals surface area contributed by atoms with Crippen LogP contribution in [0, 0.1) is 6.92 Å². The van der Waals surface area contributed by atoms with Gasteiger partial charge in [-0.05, 0) is 31.0 Å². The van der Waals surface area contributed by atoms with Crippen molar-refractivity contribution in [2.45, 2.75) is 18.9 Å². The number of ether oxygens (including phenoxy) is 2. The van der Waals surface area contributed by atoms with Gasteiger partial charge in [0.2, 0.25) is 5.82 Å². The summed E-state index contributed by atoms with van der Waals surface area (Å²) in [6.45, 7) is 3.47. The molecule has 0 N–H and O–H groups in total. The van der Waals surface area contributed by atoms with Gasteiger partial charge in [-0.1, -0.05) is 18.2 Å². The smallest absolute Gasteiger partial charge is 0.291 e. The molecular weight excluding hydrogens is 306 g/mol. The number of rotatable bonds is 5. The number of aromatic nitrogens is 2. The average molecular weight is 327 g/mol. The standard InChI is InChI=1S/C18H21N3O3/c1-14-6-3-4-7-15(14)24-13-18(23-2)8-11-21(12-18)17(22)16-19-9-5-10-20-16/h3-7,9-10H,8,11-13H2,1-2H3/t18-/m0/s1. The van der Waals surface area contributed by atoms with Crippen LogP contribution in [-0.4, -0.2) is 53.2 Å². The molecular formula is C18H21N3O3. The number of methoxy groups -OCH3 is 1. The Morgan fingerprint density at radius 1 is 1.25 bits per heavy atom. The molecule has 1 amide bonds. The van der Waals surface area contributed by atoms with Crippen LogP contribution in [0.2, 0.25) is 0 Å². The molecule has 1 atom stereocenters. The highest BCUT2D eigenvalue weighted by Gasteiger charge is 2.41. The number of carbonyl (C=O) groups is 1. The molecule has 0 bridgehead atoms. The molecule has 1 aliphatic heterocycles. The van der Waals surface area contributed by atoms with Crippen molar-refractivity contribution in [3.05, 3.63) is 54.1 Å². The highest BCUT2D eigenvalue weighted by molar-refractivity contribution is 5.90. The van der Waals surface area contributed by atoms with Gasteiger partial charge in [0.1, 0.15) is 18.0 Å². The van der Waals surface area contributed by atoms with Crippen molar-refractivity contribution in [3.8, 4) is 5.75 Å². The number of hydrogen-bond donors (Lipinski definition) is 0. The minimum Gasteiger partial charge on any atom is -0.490 e. The third-order valence-electron chi connectivity index (χ3n) is 4.38. The topological polar surface area (TPSA) is 64.6 Å². The van der Waals surface area contributed by atoms with E-state index in [1.165, 1.54) is 0 Å². The number of aryl methyl sites for hydroxylation is 1. The third-order valence-corrected chi connectivity index (χ3v) is 4.38. The zero-order valence-corrected chi connectivity index (χ0v) is 13.9. The van der Waals surface area contributed by atoms with Crippen LogP contribution in [0.5, 0.6) is 5.75 Å². The number of amides is 1. The van der Waals surface area contributed by atoms with Crippen LogP contribution in [0.4, 0.5) is 0 Å². The lowest BCUT2D eigenvalue weighted by Gasteiger charge is -2.28. The average Bonchev–Trinajstić information content (AvgIpc) is 3.06. The molecule has 3 rings (SSSR count). The summed E-state index contributed by atoms with van der Waals surface area (Å²) in [5.41, 5.74) is 0.569. The molecule has 2 aromatic rings. The summed E-state index contributed by atoms with van der Waals surface area (Å²) in [6, 6.07) is 9.56. The van der Waals surface area contributed by atoms with Gasteiger partial charge >= 0.3 is 0 Å². The van der Waals surface area contributed by atoms with Crippen LogP contribution >= 0.6 is 0 Å². The zero-order chi connectivity index (χ0) is 17.0. The van der Waals surface area contributed by atoms with E-state index in [9.17, 15) is 4.79 Å². The van der Waals surface area contributed by atoms with Crippen LogP contribution in [0.3, 0.4) is 0 Å². The molecule has 1 fully saturated rings. The summed E-state index contributed by atoms with van der Waals surface area (Å²) < 4.78 is 11.7. The maximum absolute atomic E-state index is 12.5. The lowest BCUT2D eigenvalue weighted by Crippen LogP contribution is -2.42. The first-order chi connectivity index (χ1) is 11.6. The number of nitrogens with zero attached hydrogens (tertiary/aromatic N) is 3. The first-order valence-corrected chi connectivity index (χ1v) is 7.93. The van der Waals surface area contributed by atoms with E-state index in [4.69, 9.17) is 9.47 Å². The molecule has 0 spiro atoms. The van der Waals surface area contributed by atoms with Gasteiger partial charge in [0, 0.05) is 26.0 Å². The molecule has 2 heterocycles. The Kier molecular flexibility index (Phi) is 4.76. The van der Waals surface area contributed by atoms with Gasteiger partial charge < -0.3 is 14.4 Å². The Hall–Kier alpha value is -2.47. The monoisotopic (exact) mass is 327 g/mol. The quantitative estimate of drug-likeness (QED) is 0.841. The van der Waals surface area contributed by atoms with Crippen molar-refractivity contribution in [2.75, 3.05) is 26.8 Å². The van der Waals surface area contributed by atoms with E-state index in [2.05, 4.69) is 9.97 Å². The van der Waals surface area contributed by atoms with E-state index in [1.54, 1.807) is 30.5 Å². The lowest BCUT2D eigenvalue weighted by atomic mass is 10.0. The number of carbonyl (C=O) groups excluding carboxylic acids is 1. The molecule has 0 aliphatic carbocycles. The van der Waals surface area contributed by atoms with Gasteiger partial charge in [-0.25, -0.2) is 9.97 Å². The van der Waals surface area contributed by atoms with Gasteiger partial charge in [0.15, 0.2) is 0 Å². The molecule has 6 heteroatoms. The Labute approximate surface area is 141 Å². The SMILES string of the molecule is CO[C@@]1(COc2ccccc2C)CCN(C(=O)c2ncccn2)C1. The first kappa shape index (κ1) is 16.4. The van der Waals surface area contributed by atoms with Crippen molar-refractivity contribution in [3.63, 3.8) is 0 Å². The van der Waals surface area contributed by atoms with Gasteiger partial charge in [-0.3, -0.25) is 4.79 Å². The predicted molar refractivity (Wildman–Crippen MR) is 89.0 cm³/mol. The fourth-order valence-electron chi connectivity index (χ4n) is 2.84. The molecule has 1 aromatic carbocycles. The normalized spacial score (nSPS) is 20.2.